The number of hydrogen-bond donors (Lipinski definition) is 0. The molecule has 1 amide bonds. The Morgan fingerprint density at radius 3 is 2.48 bits per heavy atom. The summed E-state index contributed by atoms with van der Waals surface area (Å²) in [7, 11) is 5.70. The number of rotatable bonds is 8. The topological polar surface area (TPSA) is 45.9 Å². The van der Waals surface area contributed by atoms with E-state index in [1.165, 1.54) is 0 Å². The number of carbonyl (C=O) groups excluding carboxylic acids is 1. The Morgan fingerprint density at radius 2 is 1.80 bits per heavy atom. The van der Waals surface area contributed by atoms with Crippen LogP contribution < -0.4 is 4.74 Å². The maximum Gasteiger partial charge on any atom is 0.289 e. The monoisotopic (exact) mass is 344 g/mol. The molecule has 25 heavy (non-hydrogen) atoms. The van der Waals surface area contributed by atoms with E-state index in [9.17, 15) is 4.79 Å². The molecule has 1 aromatic carbocycles. The van der Waals surface area contributed by atoms with Gasteiger partial charge in [-0.15, -0.1) is 0 Å². The van der Waals surface area contributed by atoms with Crippen LogP contribution in [0.5, 0.6) is 5.75 Å². The van der Waals surface area contributed by atoms with E-state index in [1.807, 2.05) is 49.3 Å². The van der Waals surface area contributed by atoms with Crippen LogP contribution in [0.2, 0.25) is 0 Å². The zero-order valence-corrected chi connectivity index (χ0v) is 15.8. The standard InChI is InChI=1S/C20H28N2O3/c1-15(2)14-24-18-9-7-6-8-16(18)12-22(5)20(23)19-11-10-17(25-19)13-21(3)4/h6-11,15H,12-14H2,1-5H3. The molecular weight excluding hydrogens is 316 g/mol. The number of furan rings is 1. The maximum absolute atomic E-state index is 12.6. The molecule has 1 aromatic heterocycles. The Balaban J connectivity index is 2.05. The molecule has 2 rings (SSSR count). The third-order valence-electron chi connectivity index (χ3n) is 3.64. The average molecular weight is 344 g/mol. The quantitative estimate of drug-likeness (QED) is 0.733. The molecule has 0 fully saturated rings. The van der Waals surface area contributed by atoms with Gasteiger partial charge in [0, 0.05) is 19.2 Å². The zero-order valence-electron chi connectivity index (χ0n) is 15.8. The van der Waals surface area contributed by atoms with Gasteiger partial charge >= 0.3 is 0 Å². The Labute approximate surface area is 150 Å². The van der Waals surface area contributed by atoms with Crippen LogP contribution in [0.3, 0.4) is 0 Å². The Morgan fingerprint density at radius 1 is 1.08 bits per heavy atom. The first-order valence-electron chi connectivity index (χ1n) is 8.56. The molecule has 2 aromatic rings. The van der Waals surface area contributed by atoms with Crippen molar-refractivity contribution in [2.24, 2.45) is 5.92 Å². The van der Waals surface area contributed by atoms with Gasteiger partial charge in [0.1, 0.15) is 11.5 Å². The van der Waals surface area contributed by atoms with Gasteiger partial charge in [-0.25, -0.2) is 0 Å². The van der Waals surface area contributed by atoms with Crippen molar-refractivity contribution in [3.05, 3.63) is 53.5 Å². The number of para-hydroxylation sites is 1. The van der Waals surface area contributed by atoms with Crippen LogP contribution in [-0.4, -0.2) is 43.5 Å². The summed E-state index contributed by atoms with van der Waals surface area (Å²) in [5.41, 5.74) is 0.985. The fourth-order valence-corrected chi connectivity index (χ4v) is 2.44. The van der Waals surface area contributed by atoms with E-state index in [0.717, 1.165) is 17.1 Å². The molecule has 0 saturated carbocycles. The lowest BCUT2D eigenvalue weighted by atomic mass is 10.2. The fraction of sp³-hybridized carbons (Fsp3) is 0.450. The highest BCUT2D eigenvalue weighted by atomic mass is 16.5. The summed E-state index contributed by atoms with van der Waals surface area (Å²) >= 11 is 0. The van der Waals surface area contributed by atoms with Gasteiger partial charge < -0.3 is 19.0 Å². The number of hydrogen-bond acceptors (Lipinski definition) is 4. The molecule has 5 heteroatoms. The first kappa shape index (κ1) is 19.1. The highest BCUT2D eigenvalue weighted by Gasteiger charge is 2.18. The van der Waals surface area contributed by atoms with E-state index in [1.54, 1.807) is 18.0 Å². The van der Waals surface area contributed by atoms with E-state index in [4.69, 9.17) is 9.15 Å². The molecule has 0 aliphatic rings. The van der Waals surface area contributed by atoms with E-state index < -0.39 is 0 Å². The predicted molar refractivity (Wildman–Crippen MR) is 98.7 cm³/mol. The van der Waals surface area contributed by atoms with Crippen LogP contribution in [0.4, 0.5) is 0 Å². The molecule has 0 aliphatic carbocycles. The number of ether oxygens (including phenoxy) is 1. The van der Waals surface area contributed by atoms with Crippen molar-refractivity contribution in [3.8, 4) is 5.75 Å². The van der Waals surface area contributed by atoms with Crippen LogP contribution in [0.25, 0.3) is 0 Å². The van der Waals surface area contributed by atoms with Crippen molar-refractivity contribution in [3.63, 3.8) is 0 Å². The molecule has 0 aliphatic heterocycles. The Bertz CT molecular complexity index is 692. The lowest BCUT2D eigenvalue weighted by molar-refractivity contribution is 0.0749. The van der Waals surface area contributed by atoms with Crippen molar-refractivity contribution in [1.29, 1.82) is 0 Å². The van der Waals surface area contributed by atoms with Crippen LogP contribution in [0, 0.1) is 5.92 Å². The third-order valence-corrected chi connectivity index (χ3v) is 3.64. The molecule has 0 bridgehead atoms. The van der Waals surface area contributed by atoms with E-state index >= 15 is 0 Å². The van der Waals surface area contributed by atoms with Gasteiger partial charge in [-0.1, -0.05) is 32.0 Å². The maximum atomic E-state index is 12.6. The smallest absolute Gasteiger partial charge is 0.289 e. The highest BCUT2D eigenvalue weighted by molar-refractivity contribution is 5.91. The second-order valence-electron chi connectivity index (χ2n) is 6.98. The molecular formula is C20H28N2O3. The molecule has 5 nitrogen and oxygen atoms in total. The van der Waals surface area contributed by atoms with Gasteiger partial charge in [-0.2, -0.15) is 0 Å². The number of benzene rings is 1. The minimum atomic E-state index is -0.135. The van der Waals surface area contributed by atoms with Crippen LogP contribution in [0.15, 0.2) is 40.8 Å². The average Bonchev–Trinajstić information content (AvgIpc) is 3.00. The van der Waals surface area contributed by atoms with Crippen molar-refractivity contribution in [2.75, 3.05) is 27.7 Å². The summed E-state index contributed by atoms with van der Waals surface area (Å²) in [6, 6.07) is 11.4. The number of nitrogens with zero attached hydrogens (tertiary/aromatic N) is 2. The molecule has 1 heterocycles. The summed E-state index contributed by atoms with van der Waals surface area (Å²) in [4.78, 5) is 16.3. The normalized spacial score (nSPS) is 11.2. The molecule has 0 atom stereocenters. The van der Waals surface area contributed by atoms with Gasteiger partial charge in [0.05, 0.1) is 13.2 Å². The largest absolute Gasteiger partial charge is 0.493 e. The van der Waals surface area contributed by atoms with E-state index in [0.29, 0.717) is 31.4 Å². The summed E-state index contributed by atoms with van der Waals surface area (Å²) in [5, 5.41) is 0. The lowest BCUT2D eigenvalue weighted by Crippen LogP contribution is -2.26. The van der Waals surface area contributed by atoms with Crippen molar-refractivity contribution >= 4 is 5.91 Å². The molecule has 0 radical (unpaired) electrons. The summed E-state index contributed by atoms with van der Waals surface area (Å²) in [6.45, 7) is 6.02. The Kier molecular flexibility index (Phi) is 6.65. The van der Waals surface area contributed by atoms with Gasteiger partial charge in [-0.05, 0) is 38.2 Å². The zero-order chi connectivity index (χ0) is 18.4. The summed E-state index contributed by atoms with van der Waals surface area (Å²) in [6.07, 6.45) is 0. The summed E-state index contributed by atoms with van der Waals surface area (Å²) in [5.74, 6) is 2.28. The second-order valence-corrected chi connectivity index (χ2v) is 6.98. The van der Waals surface area contributed by atoms with Crippen molar-refractivity contribution in [1.82, 2.24) is 9.80 Å². The molecule has 0 saturated heterocycles. The van der Waals surface area contributed by atoms with E-state index in [-0.39, 0.29) is 5.91 Å². The second kappa shape index (κ2) is 8.72. The van der Waals surface area contributed by atoms with Crippen LogP contribution in [-0.2, 0) is 13.1 Å². The Hall–Kier alpha value is -2.27. The van der Waals surface area contributed by atoms with Gasteiger partial charge in [0.15, 0.2) is 5.76 Å². The van der Waals surface area contributed by atoms with Crippen molar-refractivity contribution in [2.45, 2.75) is 26.9 Å². The highest BCUT2D eigenvalue weighted by Crippen LogP contribution is 2.21. The molecule has 0 unspecified atom stereocenters. The number of amides is 1. The first-order chi connectivity index (χ1) is 11.9. The lowest BCUT2D eigenvalue weighted by Gasteiger charge is -2.19. The third kappa shape index (κ3) is 5.64. The van der Waals surface area contributed by atoms with E-state index in [2.05, 4.69) is 13.8 Å². The predicted octanol–water partition coefficient (Wildman–Crippen LogP) is 3.65. The van der Waals surface area contributed by atoms with Crippen LogP contribution in [0.1, 0.15) is 35.7 Å². The minimum absolute atomic E-state index is 0.135. The summed E-state index contributed by atoms with van der Waals surface area (Å²) < 4.78 is 11.5. The van der Waals surface area contributed by atoms with Crippen molar-refractivity contribution < 1.29 is 13.9 Å². The van der Waals surface area contributed by atoms with Crippen LogP contribution >= 0.6 is 0 Å². The number of carbonyl (C=O) groups is 1. The SMILES string of the molecule is CC(C)COc1ccccc1CN(C)C(=O)c1ccc(CN(C)C)o1. The van der Waals surface area contributed by atoms with Gasteiger partial charge in [0.25, 0.3) is 5.91 Å². The fourth-order valence-electron chi connectivity index (χ4n) is 2.44. The molecule has 0 spiro atoms. The van der Waals surface area contributed by atoms with Gasteiger partial charge in [0.2, 0.25) is 0 Å². The minimum Gasteiger partial charge on any atom is -0.493 e. The first-order valence-corrected chi connectivity index (χ1v) is 8.56. The molecule has 136 valence electrons. The molecule has 0 N–H and O–H groups in total. The van der Waals surface area contributed by atoms with Gasteiger partial charge in [-0.3, -0.25) is 4.79 Å².